The molecule has 0 bridgehead atoms. The number of piperidine rings is 2. The maximum Gasteiger partial charge on any atom is 1.00 e. The first-order valence-corrected chi connectivity index (χ1v) is 26.4. The Labute approximate surface area is 490 Å². The van der Waals surface area contributed by atoms with Crippen molar-refractivity contribution in [3.8, 4) is 12.1 Å². The number of quaternary nitrogens is 1. The molecule has 6 heterocycles. The second-order valence-corrected chi connectivity index (χ2v) is 19.9. The summed E-state index contributed by atoms with van der Waals surface area (Å²) in [4.78, 5) is 40.9. The van der Waals surface area contributed by atoms with Gasteiger partial charge < -0.3 is 53.0 Å². The number of nitrogens with two attached hydrogens (primary N) is 1. The fourth-order valence-electron chi connectivity index (χ4n) is 9.69. The topological polar surface area (TPSA) is 187 Å². The van der Waals surface area contributed by atoms with E-state index in [0.717, 1.165) is 101 Å². The number of aromatic nitrogens is 2. The molecule has 8 rings (SSSR count). The predicted octanol–water partition coefficient (Wildman–Crippen LogP) is 1.47. The molecule has 4 N–H and O–H groups in total. The number of nitrogens with zero attached hydrogens (tertiary/aromatic N) is 9. The number of nitrogens with one attached hydrogen (secondary N) is 2. The van der Waals surface area contributed by atoms with Crippen molar-refractivity contribution in [1.82, 2.24) is 24.7 Å². The first kappa shape index (κ1) is 69.3. The molecule has 0 aliphatic carbocycles. The van der Waals surface area contributed by atoms with Crippen molar-refractivity contribution in [2.45, 2.75) is 88.2 Å². The number of alkyl halides is 12. The van der Waals surface area contributed by atoms with E-state index in [-0.39, 0.29) is 61.2 Å². The average molecular weight is 1200 g/mol. The summed E-state index contributed by atoms with van der Waals surface area (Å²) in [5.74, 6) is 0.0412. The van der Waals surface area contributed by atoms with Crippen LogP contribution >= 0.6 is 0 Å². The van der Waals surface area contributed by atoms with Gasteiger partial charge in [0.15, 0.2) is 0 Å². The van der Waals surface area contributed by atoms with Crippen LogP contribution in [0.1, 0.15) is 84.7 Å². The molecular formula is C54H62ClF12LiN12O3. The molecule has 0 unspecified atom stereocenters. The Morgan fingerprint density at radius 3 is 1.31 bits per heavy atom. The molecule has 0 spiro atoms. The van der Waals surface area contributed by atoms with Crippen molar-refractivity contribution in [2.24, 2.45) is 0 Å². The van der Waals surface area contributed by atoms with Gasteiger partial charge in [0.05, 0.1) is 58.6 Å². The Morgan fingerprint density at radius 2 is 0.964 bits per heavy atom. The minimum absolute atomic E-state index is 0. The molecule has 448 valence electrons. The molecule has 83 heavy (non-hydrogen) atoms. The third kappa shape index (κ3) is 21.7. The van der Waals surface area contributed by atoms with Crippen LogP contribution in [0.5, 0.6) is 0 Å². The van der Waals surface area contributed by atoms with Crippen LogP contribution in [0.15, 0.2) is 73.1 Å². The second-order valence-electron chi connectivity index (χ2n) is 19.9. The number of likely N-dealkylation sites (tertiary alicyclic amines) is 1. The summed E-state index contributed by atoms with van der Waals surface area (Å²) in [5.41, 5.74) is -3.40. The number of rotatable bonds is 14. The van der Waals surface area contributed by atoms with E-state index in [1.54, 1.807) is 17.0 Å². The minimum atomic E-state index is -4.62. The number of pyridine rings is 2. The van der Waals surface area contributed by atoms with Crippen LogP contribution in [-0.2, 0) is 34.3 Å². The quantitative estimate of drug-likeness (QED) is 0.122. The van der Waals surface area contributed by atoms with Crippen molar-refractivity contribution in [2.75, 3.05) is 112 Å². The number of carboxylic acid groups (broad SMARTS) is 1. The normalized spacial score (nSPS) is 16.8. The van der Waals surface area contributed by atoms with Crippen LogP contribution in [0.4, 0.5) is 75.7 Å². The SMILES string of the molecule is N#Cc1ccc(NC2CCN(C(=O)CCCN3CCN(c4ccc(C(F)(F)F)cn4)CC3)CC2)cc1C(F)(F)F.N#Cc1ccc(NC2CC[NH2+]CC2)cc1C(F)(F)F.O=C([O-])CCCN1CCN(c2ccc(C(F)(F)F)cn2)CC1.[Cl-].[Li+]. The molecule has 4 fully saturated rings. The number of hydrogen-bond acceptors (Lipinski definition) is 13. The van der Waals surface area contributed by atoms with E-state index in [1.807, 2.05) is 9.80 Å². The maximum atomic E-state index is 13.2. The third-order valence-corrected chi connectivity index (χ3v) is 14.2. The standard InChI is InChI=1S/C27H30F6N6O.C14H18F3N3O2.C13H14F3N3.ClH.Li/c28-26(29,30)20-4-6-24(35-18-20)38-14-12-37(13-15-38)9-1-2-25(40)39-10-7-21(8-11-39)36-22-5-3-19(17-34)23(16-22)27(31,32)33;15-14(16,17)11-3-4-12(18-10-11)20-8-6-19(7-9-20)5-1-2-13(21)22;14-13(15,16)12-7-11(2-1-9(12)8-17)19-10-3-5-18-6-4-10;;/h3-6,16,18,21,36H,1-2,7-15H2;3-4,10H,1-2,5-9H2,(H,21,22);1-2,7,10,18-19H,3-6H2;1H;/q;;;;+1/p-1. The van der Waals surface area contributed by atoms with Crippen LogP contribution in [0.2, 0.25) is 0 Å². The molecule has 0 atom stereocenters. The van der Waals surface area contributed by atoms with Crippen LogP contribution in [0.25, 0.3) is 0 Å². The molecule has 29 heteroatoms. The number of halogens is 13. The number of nitriles is 2. The monoisotopic (exact) mass is 1200 g/mol. The van der Waals surface area contributed by atoms with Gasteiger partial charge in [0.25, 0.3) is 0 Å². The van der Waals surface area contributed by atoms with Crippen LogP contribution in [0, 0.1) is 22.7 Å². The Morgan fingerprint density at radius 1 is 0.566 bits per heavy atom. The number of carbonyl (C=O) groups is 2. The molecule has 0 saturated carbocycles. The van der Waals surface area contributed by atoms with Crippen LogP contribution < -0.4 is 62.1 Å². The average Bonchev–Trinajstić information content (AvgIpc) is 3.55. The Kier molecular flexibility index (Phi) is 26.4. The minimum Gasteiger partial charge on any atom is -1.00 e. The number of benzene rings is 2. The van der Waals surface area contributed by atoms with Crippen molar-refractivity contribution in [3.05, 3.63) is 106 Å². The van der Waals surface area contributed by atoms with Crippen molar-refractivity contribution in [1.29, 1.82) is 10.5 Å². The molecule has 4 aliphatic heterocycles. The van der Waals surface area contributed by atoms with Gasteiger partial charge in [-0.15, -0.1) is 0 Å². The first-order valence-electron chi connectivity index (χ1n) is 26.4. The molecule has 4 aromatic rings. The first-order chi connectivity index (χ1) is 38.3. The number of piperazine rings is 2. The fraction of sp³-hybridized carbons (Fsp3) is 0.519. The van der Waals surface area contributed by atoms with Gasteiger partial charge in [0.2, 0.25) is 5.91 Å². The number of anilines is 4. The summed E-state index contributed by atoms with van der Waals surface area (Å²) < 4.78 is 154. The second kappa shape index (κ2) is 31.6. The van der Waals surface area contributed by atoms with Crippen molar-refractivity contribution >= 4 is 34.9 Å². The largest absolute Gasteiger partial charge is 1.00 e. The zero-order valence-corrected chi connectivity index (χ0v) is 46.1. The van der Waals surface area contributed by atoms with Crippen LogP contribution in [-0.4, -0.2) is 140 Å². The number of carboxylic acids is 1. The van der Waals surface area contributed by atoms with Gasteiger partial charge in [-0.2, -0.15) is 63.2 Å². The van der Waals surface area contributed by atoms with Gasteiger partial charge in [-0.25, -0.2) is 9.97 Å². The number of amides is 1. The summed E-state index contributed by atoms with van der Waals surface area (Å²) in [6.45, 7) is 9.90. The summed E-state index contributed by atoms with van der Waals surface area (Å²) in [7, 11) is 0. The molecule has 4 aliphatic rings. The zero-order chi connectivity index (χ0) is 59.0. The van der Waals surface area contributed by atoms with E-state index < -0.39 is 58.5 Å². The van der Waals surface area contributed by atoms with E-state index in [2.05, 4.69) is 35.7 Å². The fourth-order valence-corrected chi connectivity index (χ4v) is 9.69. The van der Waals surface area contributed by atoms with E-state index in [9.17, 15) is 67.4 Å². The van der Waals surface area contributed by atoms with Gasteiger partial charge in [-0.3, -0.25) is 14.6 Å². The Bertz CT molecular complexity index is 2750. The molecule has 0 radical (unpaired) electrons. The smallest absolute Gasteiger partial charge is 1.00 e. The van der Waals surface area contributed by atoms with E-state index in [1.165, 1.54) is 30.3 Å². The molecule has 4 saturated heterocycles. The number of hydrogen-bond donors (Lipinski definition) is 3. The van der Waals surface area contributed by atoms with Gasteiger partial charge in [-0.05, 0) is 106 Å². The third-order valence-electron chi connectivity index (χ3n) is 14.2. The van der Waals surface area contributed by atoms with E-state index in [0.29, 0.717) is 101 Å². The van der Waals surface area contributed by atoms with Gasteiger partial charge in [0, 0.05) is 127 Å². The van der Waals surface area contributed by atoms with Crippen molar-refractivity contribution in [3.63, 3.8) is 0 Å². The van der Waals surface area contributed by atoms with E-state index in [4.69, 9.17) is 10.5 Å². The molecule has 1 amide bonds. The summed E-state index contributed by atoms with van der Waals surface area (Å²) in [6, 6.07) is 15.5. The summed E-state index contributed by atoms with van der Waals surface area (Å²) in [6.07, 6.45) is -11.5. The Balaban J connectivity index is 0.000000291. The maximum absolute atomic E-state index is 13.2. The van der Waals surface area contributed by atoms with Crippen molar-refractivity contribution < 1.29 is 104 Å². The van der Waals surface area contributed by atoms with E-state index >= 15 is 0 Å². The molecule has 15 nitrogen and oxygen atoms in total. The number of aliphatic carboxylic acids is 1. The zero-order valence-electron chi connectivity index (χ0n) is 45.4. The molecule has 2 aromatic heterocycles. The van der Waals surface area contributed by atoms with Crippen LogP contribution in [0.3, 0.4) is 0 Å². The predicted molar refractivity (Wildman–Crippen MR) is 273 cm³/mol. The van der Waals surface area contributed by atoms with Gasteiger partial charge in [-0.1, -0.05) is 0 Å². The molecular weight excluding hydrogens is 1140 g/mol. The number of carbonyl (C=O) groups excluding carboxylic acids is 2. The molecule has 2 aromatic carbocycles. The van der Waals surface area contributed by atoms with Gasteiger partial charge >= 0.3 is 43.6 Å². The summed E-state index contributed by atoms with van der Waals surface area (Å²) >= 11 is 0. The van der Waals surface area contributed by atoms with Gasteiger partial charge in [0.1, 0.15) is 11.6 Å². The Hall–Kier alpha value is -6.21. The summed E-state index contributed by atoms with van der Waals surface area (Å²) in [5, 5.41) is 36.4.